The first-order valence-electron chi connectivity index (χ1n) is 6.15. The second-order valence-corrected chi connectivity index (χ2v) is 5.21. The van der Waals surface area contributed by atoms with E-state index in [1.807, 2.05) is 45.0 Å². The summed E-state index contributed by atoms with van der Waals surface area (Å²) in [6, 6.07) is 8.02. The molecule has 100 valence electrons. The van der Waals surface area contributed by atoms with E-state index in [9.17, 15) is 4.79 Å². The predicted octanol–water partition coefficient (Wildman–Crippen LogP) is 2.21. The van der Waals surface area contributed by atoms with Crippen molar-refractivity contribution < 1.29 is 9.53 Å². The highest BCUT2D eigenvalue weighted by atomic mass is 16.6. The molecule has 1 aromatic carbocycles. The quantitative estimate of drug-likeness (QED) is 0.861. The zero-order valence-electron chi connectivity index (χ0n) is 11.3. The van der Waals surface area contributed by atoms with Crippen molar-refractivity contribution in [3.05, 3.63) is 35.4 Å². The molecule has 1 amide bonds. The van der Waals surface area contributed by atoms with E-state index >= 15 is 0 Å². The second-order valence-electron chi connectivity index (χ2n) is 5.21. The molecule has 0 bridgehead atoms. The van der Waals surface area contributed by atoms with Crippen LogP contribution in [0.3, 0.4) is 0 Å². The average molecular weight is 250 g/mol. The van der Waals surface area contributed by atoms with Gasteiger partial charge in [-0.3, -0.25) is 0 Å². The Bertz CT molecular complexity index is 397. The summed E-state index contributed by atoms with van der Waals surface area (Å²) in [7, 11) is 0. The lowest BCUT2D eigenvalue weighted by Crippen LogP contribution is -2.32. The largest absolute Gasteiger partial charge is 0.444 e. The summed E-state index contributed by atoms with van der Waals surface area (Å²) >= 11 is 0. The molecular formula is C14H22N2O2. The molecule has 4 heteroatoms. The molecule has 0 saturated heterocycles. The van der Waals surface area contributed by atoms with Crippen LogP contribution in [0.25, 0.3) is 0 Å². The lowest BCUT2D eigenvalue weighted by molar-refractivity contribution is 0.0523. The first-order chi connectivity index (χ1) is 8.40. The number of benzene rings is 1. The van der Waals surface area contributed by atoms with Gasteiger partial charge < -0.3 is 15.8 Å². The molecule has 0 spiro atoms. The molecule has 0 aliphatic carbocycles. The minimum Gasteiger partial charge on any atom is -0.444 e. The van der Waals surface area contributed by atoms with Gasteiger partial charge in [-0.2, -0.15) is 0 Å². The van der Waals surface area contributed by atoms with Gasteiger partial charge in [-0.05, 0) is 44.9 Å². The van der Waals surface area contributed by atoms with Crippen LogP contribution in [0.1, 0.15) is 31.9 Å². The summed E-state index contributed by atoms with van der Waals surface area (Å²) < 4.78 is 5.17. The van der Waals surface area contributed by atoms with E-state index in [0.717, 1.165) is 12.0 Å². The van der Waals surface area contributed by atoms with E-state index in [0.29, 0.717) is 13.1 Å². The van der Waals surface area contributed by atoms with E-state index in [4.69, 9.17) is 10.5 Å². The zero-order chi connectivity index (χ0) is 13.6. The first kappa shape index (κ1) is 14.5. The van der Waals surface area contributed by atoms with Crippen LogP contribution in [0, 0.1) is 0 Å². The molecule has 18 heavy (non-hydrogen) atoms. The van der Waals surface area contributed by atoms with Crippen LogP contribution in [-0.2, 0) is 17.7 Å². The number of alkyl carbamates (subject to hydrolysis) is 1. The fourth-order valence-corrected chi connectivity index (χ4v) is 1.55. The fraction of sp³-hybridized carbons (Fsp3) is 0.500. The van der Waals surface area contributed by atoms with Crippen LogP contribution in [0.5, 0.6) is 0 Å². The monoisotopic (exact) mass is 250 g/mol. The van der Waals surface area contributed by atoms with Crippen molar-refractivity contribution in [2.75, 3.05) is 6.54 Å². The van der Waals surface area contributed by atoms with E-state index in [2.05, 4.69) is 5.32 Å². The van der Waals surface area contributed by atoms with Crippen molar-refractivity contribution in [1.29, 1.82) is 0 Å². The van der Waals surface area contributed by atoms with Gasteiger partial charge in [0.15, 0.2) is 0 Å². The molecule has 4 nitrogen and oxygen atoms in total. The maximum Gasteiger partial charge on any atom is 0.407 e. The molecular weight excluding hydrogens is 228 g/mol. The number of carbonyl (C=O) groups excluding carboxylic acids is 1. The minimum atomic E-state index is -0.467. The number of ether oxygens (including phenoxy) is 1. The number of rotatable bonds is 4. The van der Waals surface area contributed by atoms with Crippen molar-refractivity contribution in [3.63, 3.8) is 0 Å². The van der Waals surface area contributed by atoms with E-state index in [1.54, 1.807) is 0 Å². The van der Waals surface area contributed by atoms with Gasteiger partial charge in [-0.25, -0.2) is 4.79 Å². The Morgan fingerprint density at radius 2 is 2.00 bits per heavy atom. The number of nitrogens with two attached hydrogens (primary N) is 1. The van der Waals surface area contributed by atoms with Gasteiger partial charge in [0.25, 0.3) is 0 Å². The number of hydrogen-bond donors (Lipinski definition) is 2. The molecule has 0 unspecified atom stereocenters. The second kappa shape index (κ2) is 6.40. The number of amides is 1. The van der Waals surface area contributed by atoms with E-state index in [-0.39, 0.29) is 0 Å². The summed E-state index contributed by atoms with van der Waals surface area (Å²) in [5.74, 6) is 0. The Morgan fingerprint density at radius 1 is 1.33 bits per heavy atom. The molecule has 1 rings (SSSR count). The predicted molar refractivity (Wildman–Crippen MR) is 72.3 cm³/mol. The third-order valence-electron chi connectivity index (χ3n) is 2.26. The van der Waals surface area contributed by atoms with Gasteiger partial charge in [0.2, 0.25) is 0 Å². The topological polar surface area (TPSA) is 64.3 Å². The lowest BCUT2D eigenvalue weighted by Gasteiger charge is -2.19. The van der Waals surface area contributed by atoms with Gasteiger partial charge in [0.05, 0.1) is 0 Å². The summed E-state index contributed by atoms with van der Waals surface area (Å²) in [6.07, 6.45) is 0.451. The smallest absolute Gasteiger partial charge is 0.407 e. The number of nitrogens with one attached hydrogen (secondary N) is 1. The van der Waals surface area contributed by atoms with Crippen molar-refractivity contribution in [2.45, 2.75) is 39.3 Å². The van der Waals surface area contributed by atoms with Crippen LogP contribution >= 0.6 is 0 Å². The van der Waals surface area contributed by atoms with Crippen LogP contribution in [0.4, 0.5) is 4.79 Å². The number of carbonyl (C=O) groups is 1. The van der Waals surface area contributed by atoms with Crippen molar-refractivity contribution >= 4 is 6.09 Å². The number of hydrogen-bond acceptors (Lipinski definition) is 3. The van der Waals surface area contributed by atoms with Crippen LogP contribution < -0.4 is 11.1 Å². The highest BCUT2D eigenvalue weighted by molar-refractivity contribution is 5.67. The third-order valence-corrected chi connectivity index (χ3v) is 2.26. The van der Waals surface area contributed by atoms with Gasteiger partial charge in [0.1, 0.15) is 5.60 Å². The normalized spacial score (nSPS) is 11.1. The SMILES string of the molecule is CC(C)(C)OC(=O)NCc1cccc(CCN)c1. The molecule has 0 saturated carbocycles. The van der Waals surface area contributed by atoms with Gasteiger partial charge in [-0.1, -0.05) is 24.3 Å². The summed E-state index contributed by atoms with van der Waals surface area (Å²) in [5.41, 5.74) is 7.28. The molecule has 0 fully saturated rings. The Kier molecular flexibility index (Phi) is 5.16. The van der Waals surface area contributed by atoms with Crippen LogP contribution in [-0.4, -0.2) is 18.2 Å². The minimum absolute atomic E-state index is 0.397. The highest BCUT2D eigenvalue weighted by Crippen LogP contribution is 2.08. The van der Waals surface area contributed by atoms with E-state index in [1.165, 1.54) is 5.56 Å². The zero-order valence-corrected chi connectivity index (χ0v) is 11.3. The van der Waals surface area contributed by atoms with Gasteiger partial charge in [0, 0.05) is 6.54 Å². The molecule has 0 radical (unpaired) electrons. The molecule has 3 N–H and O–H groups in total. The Balaban J connectivity index is 2.48. The molecule has 0 aliphatic heterocycles. The maximum atomic E-state index is 11.5. The summed E-state index contributed by atoms with van der Waals surface area (Å²) in [5, 5.41) is 2.73. The van der Waals surface area contributed by atoms with Gasteiger partial charge in [-0.15, -0.1) is 0 Å². The van der Waals surface area contributed by atoms with Gasteiger partial charge >= 0.3 is 6.09 Å². The Hall–Kier alpha value is -1.55. The highest BCUT2D eigenvalue weighted by Gasteiger charge is 2.15. The first-order valence-corrected chi connectivity index (χ1v) is 6.15. The Labute approximate surface area is 109 Å². The molecule has 0 heterocycles. The van der Waals surface area contributed by atoms with Crippen molar-refractivity contribution in [2.24, 2.45) is 5.73 Å². The van der Waals surface area contributed by atoms with E-state index < -0.39 is 11.7 Å². The maximum absolute atomic E-state index is 11.5. The fourth-order valence-electron chi connectivity index (χ4n) is 1.55. The summed E-state index contributed by atoms with van der Waals surface area (Å²) in [4.78, 5) is 11.5. The molecule has 1 aromatic rings. The molecule has 0 aliphatic rings. The lowest BCUT2D eigenvalue weighted by atomic mass is 10.1. The van der Waals surface area contributed by atoms with Crippen molar-refractivity contribution in [1.82, 2.24) is 5.32 Å². The van der Waals surface area contributed by atoms with Crippen LogP contribution in [0.2, 0.25) is 0 Å². The molecule has 0 atom stereocenters. The average Bonchev–Trinajstić information content (AvgIpc) is 2.25. The van der Waals surface area contributed by atoms with Crippen molar-refractivity contribution in [3.8, 4) is 0 Å². The Morgan fingerprint density at radius 3 is 2.61 bits per heavy atom. The third kappa shape index (κ3) is 5.68. The van der Waals surface area contributed by atoms with Crippen LogP contribution in [0.15, 0.2) is 24.3 Å². The summed E-state index contributed by atoms with van der Waals surface area (Å²) in [6.45, 7) is 6.62. The standard InChI is InChI=1S/C14H22N2O2/c1-14(2,3)18-13(17)16-10-12-6-4-5-11(9-12)7-8-15/h4-6,9H,7-8,10,15H2,1-3H3,(H,16,17). The molecule has 0 aromatic heterocycles.